The summed E-state index contributed by atoms with van der Waals surface area (Å²) in [6, 6.07) is 2.02. The molecule has 0 atom stereocenters. The molecule has 0 fully saturated rings. The van der Waals surface area contributed by atoms with Gasteiger partial charge in [-0.15, -0.1) is 0 Å². The van der Waals surface area contributed by atoms with E-state index in [2.05, 4.69) is 32.3 Å². The highest BCUT2D eigenvalue weighted by Crippen LogP contribution is 2.20. The molecule has 0 aliphatic heterocycles. The Balaban J connectivity index is 3.08. The summed E-state index contributed by atoms with van der Waals surface area (Å²) in [4.78, 5) is 13.6. The van der Waals surface area contributed by atoms with Crippen LogP contribution >= 0.6 is 0 Å². The highest BCUT2D eigenvalue weighted by molar-refractivity contribution is 5.94. The molecule has 0 bridgehead atoms. The Morgan fingerprint density at radius 2 is 1.88 bits per heavy atom. The summed E-state index contributed by atoms with van der Waals surface area (Å²) in [5, 5.41) is 0. The molecule has 0 saturated heterocycles. The van der Waals surface area contributed by atoms with Crippen LogP contribution in [0.3, 0.4) is 0 Å². The molecule has 0 N–H and O–H groups in total. The van der Waals surface area contributed by atoms with Gasteiger partial charge < -0.3 is 9.47 Å². The van der Waals surface area contributed by atoms with Gasteiger partial charge in [0.25, 0.3) is 5.91 Å². The Hall–Kier alpha value is -1.25. The zero-order valence-electron chi connectivity index (χ0n) is 11.8. The van der Waals surface area contributed by atoms with Gasteiger partial charge >= 0.3 is 0 Å². The number of hydrogen-bond donors (Lipinski definition) is 0. The summed E-state index contributed by atoms with van der Waals surface area (Å²) in [5.41, 5.74) is 2.03. The summed E-state index contributed by atoms with van der Waals surface area (Å²) >= 11 is 0. The standard InChI is InChI=1S/C14H24N2O/c1-10(2)8-16-9-12(14(17)15(5)6)7-13(16)11(3)4/h7,9-11H,8H2,1-6H3. The summed E-state index contributed by atoms with van der Waals surface area (Å²) in [6.45, 7) is 9.68. The molecule has 1 rings (SSSR count). The molecule has 0 aliphatic rings. The molecular formula is C14H24N2O. The summed E-state index contributed by atoms with van der Waals surface area (Å²) in [5.74, 6) is 1.11. The van der Waals surface area contributed by atoms with Crippen molar-refractivity contribution in [2.45, 2.75) is 40.2 Å². The second-order valence-electron chi connectivity index (χ2n) is 5.55. The van der Waals surface area contributed by atoms with E-state index in [1.807, 2.05) is 12.3 Å². The third-order valence-corrected chi connectivity index (χ3v) is 2.74. The lowest BCUT2D eigenvalue weighted by Crippen LogP contribution is -2.21. The second kappa shape index (κ2) is 5.39. The van der Waals surface area contributed by atoms with Gasteiger partial charge in [-0.2, -0.15) is 0 Å². The molecule has 0 saturated carbocycles. The van der Waals surface area contributed by atoms with Gasteiger partial charge in [-0.1, -0.05) is 27.7 Å². The van der Waals surface area contributed by atoms with Crippen LogP contribution in [0.4, 0.5) is 0 Å². The molecule has 1 aromatic rings. The quantitative estimate of drug-likeness (QED) is 0.789. The van der Waals surface area contributed by atoms with E-state index in [9.17, 15) is 4.79 Å². The molecule has 0 aromatic carbocycles. The van der Waals surface area contributed by atoms with Crippen molar-refractivity contribution >= 4 is 5.91 Å². The van der Waals surface area contributed by atoms with Gasteiger partial charge in [0.15, 0.2) is 0 Å². The molecule has 17 heavy (non-hydrogen) atoms. The Bertz CT molecular complexity index is 389. The smallest absolute Gasteiger partial charge is 0.254 e. The maximum absolute atomic E-state index is 11.9. The van der Waals surface area contributed by atoms with Crippen molar-refractivity contribution in [1.29, 1.82) is 0 Å². The molecular weight excluding hydrogens is 212 g/mol. The molecule has 0 spiro atoms. The maximum Gasteiger partial charge on any atom is 0.254 e. The first-order valence-electron chi connectivity index (χ1n) is 6.24. The van der Waals surface area contributed by atoms with Crippen LogP contribution in [0.15, 0.2) is 12.3 Å². The predicted octanol–water partition coefficient (Wildman–Crippen LogP) is 2.97. The molecule has 96 valence electrons. The number of amides is 1. The minimum atomic E-state index is 0.0782. The minimum Gasteiger partial charge on any atom is -0.350 e. The van der Waals surface area contributed by atoms with E-state index in [-0.39, 0.29) is 5.91 Å². The van der Waals surface area contributed by atoms with Gasteiger partial charge in [-0.25, -0.2) is 0 Å². The van der Waals surface area contributed by atoms with E-state index in [0.29, 0.717) is 11.8 Å². The topological polar surface area (TPSA) is 25.2 Å². The molecule has 1 heterocycles. The fourth-order valence-corrected chi connectivity index (χ4v) is 1.95. The van der Waals surface area contributed by atoms with Crippen LogP contribution in [0.5, 0.6) is 0 Å². The highest BCUT2D eigenvalue weighted by atomic mass is 16.2. The predicted molar refractivity (Wildman–Crippen MR) is 71.4 cm³/mol. The largest absolute Gasteiger partial charge is 0.350 e. The molecule has 3 nitrogen and oxygen atoms in total. The van der Waals surface area contributed by atoms with Crippen molar-refractivity contribution in [2.75, 3.05) is 14.1 Å². The normalized spacial score (nSPS) is 11.3. The number of carbonyl (C=O) groups is 1. The number of hydrogen-bond acceptors (Lipinski definition) is 1. The first-order valence-corrected chi connectivity index (χ1v) is 6.24. The van der Waals surface area contributed by atoms with Gasteiger partial charge in [0.2, 0.25) is 0 Å². The van der Waals surface area contributed by atoms with E-state index in [0.717, 1.165) is 12.1 Å². The van der Waals surface area contributed by atoms with Crippen LogP contribution in [0, 0.1) is 5.92 Å². The van der Waals surface area contributed by atoms with Gasteiger partial charge in [-0.3, -0.25) is 4.79 Å². The third kappa shape index (κ3) is 3.35. The number of nitrogens with zero attached hydrogens (tertiary/aromatic N) is 2. The number of rotatable bonds is 4. The van der Waals surface area contributed by atoms with Crippen LogP contribution in [-0.4, -0.2) is 29.5 Å². The minimum absolute atomic E-state index is 0.0782. The number of aromatic nitrogens is 1. The Kier molecular flexibility index (Phi) is 4.38. The Morgan fingerprint density at radius 1 is 1.29 bits per heavy atom. The van der Waals surface area contributed by atoms with Gasteiger partial charge in [0, 0.05) is 32.5 Å². The molecule has 0 aliphatic carbocycles. The van der Waals surface area contributed by atoms with E-state index in [1.54, 1.807) is 19.0 Å². The Morgan fingerprint density at radius 3 is 2.29 bits per heavy atom. The Labute approximate surface area is 104 Å². The van der Waals surface area contributed by atoms with Gasteiger partial charge in [0.1, 0.15) is 0 Å². The highest BCUT2D eigenvalue weighted by Gasteiger charge is 2.15. The van der Waals surface area contributed by atoms with E-state index < -0.39 is 0 Å². The zero-order valence-corrected chi connectivity index (χ0v) is 11.8. The summed E-state index contributed by atoms with van der Waals surface area (Å²) < 4.78 is 2.21. The van der Waals surface area contributed by atoms with Crippen molar-refractivity contribution in [3.63, 3.8) is 0 Å². The van der Waals surface area contributed by atoms with Crippen LogP contribution in [0.1, 0.15) is 49.7 Å². The molecule has 3 heteroatoms. The number of carbonyl (C=O) groups excluding carboxylic acids is 1. The fourth-order valence-electron chi connectivity index (χ4n) is 1.95. The zero-order chi connectivity index (χ0) is 13.2. The van der Waals surface area contributed by atoms with Crippen molar-refractivity contribution in [1.82, 2.24) is 9.47 Å². The fraction of sp³-hybridized carbons (Fsp3) is 0.643. The van der Waals surface area contributed by atoms with Crippen LogP contribution in [0.2, 0.25) is 0 Å². The van der Waals surface area contributed by atoms with Crippen LogP contribution in [-0.2, 0) is 6.54 Å². The molecule has 1 aromatic heterocycles. The second-order valence-corrected chi connectivity index (χ2v) is 5.55. The average Bonchev–Trinajstić information content (AvgIpc) is 2.59. The molecule has 0 unspecified atom stereocenters. The third-order valence-electron chi connectivity index (χ3n) is 2.74. The first kappa shape index (κ1) is 13.8. The summed E-state index contributed by atoms with van der Waals surface area (Å²) in [6.07, 6.45) is 1.98. The first-order chi connectivity index (χ1) is 7.82. The van der Waals surface area contributed by atoms with Crippen molar-refractivity contribution < 1.29 is 4.79 Å². The van der Waals surface area contributed by atoms with E-state index >= 15 is 0 Å². The maximum atomic E-state index is 11.9. The van der Waals surface area contributed by atoms with Crippen molar-refractivity contribution in [3.05, 3.63) is 23.5 Å². The van der Waals surface area contributed by atoms with Gasteiger partial charge in [-0.05, 0) is 17.9 Å². The molecule has 0 radical (unpaired) electrons. The van der Waals surface area contributed by atoms with Gasteiger partial charge in [0.05, 0.1) is 5.56 Å². The lowest BCUT2D eigenvalue weighted by atomic mass is 10.1. The van der Waals surface area contributed by atoms with E-state index in [1.165, 1.54) is 5.69 Å². The lowest BCUT2D eigenvalue weighted by Gasteiger charge is -2.13. The van der Waals surface area contributed by atoms with E-state index in [4.69, 9.17) is 0 Å². The monoisotopic (exact) mass is 236 g/mol. The van der Waals surface area contributed by atoms with Crippen LogP contribution < -0.4 is 0 Å². The summed E-state index contributed by atoms with van der Waals surface area (Å²) in [7, 11) is 3.58. The average molecular weight is 236 g/mol. The van der Waals surface area contributed by atoms with Crippen molar-refractivity contribution in [2.24, 2.45) is 5.92 Å². The SMILES string of the molecule is CC(C)Cn1cc(C(=O)N(C)C)cc1C(C)C. The van der Waals surface area contributed by atoms with Crippen LogP contribution in [0.25, 0.3) is 0 Å². The molecule has 1 amide bonds. The lowest BCUT2D eigenvalue weighted by molar-refractivity contribution is 0.0827. The van der Waals surface area contributed by atoms with Crippen molar-refractivity contribution in [3.8, 4) is 0 Å².